The SMILES string of the molecule is CC(Nc1nc2ccccn2n1)c1ccccc1Cl. The molecule has 4 nitrogen and oxygen atoms in total. The van der Waals surface area contributed by atoms with Crippen LogP contribution in [0.3, 0.4) is 0 Å². The summed E-state index contributed by atoms with van der Waals surface area (Å²) >= 11 is 6.18. The predicted octanol–water partition coefficient (Wildman–Crippen LogP) is 3.56. The quantitative estimate of drug-likeness (QED) is 0.793. The van der Waals surface area contributed by atoms with Crippen molar-refractivity contribution >= 4 is 23.2 Å². The predicted molar refractivity (Wildman–Crippen MR) is 76.5 cm³/mol. The molecule has 3 aromatic rings. The van der Waals surface area contributed by atoms with E-state index in [2.05, 4.69) is 15.4 Å². The van der Waals surface area contributed by atoms with Gasteiger partial charge in [0, 0.05) is 11.2 Å². The van der Waals surface area contributed by atoms with Gasteiger partial charge in [0.15, 0.2) is 5.65 Å². The minimum Gasteiger partial charge on any atom is -0.346 e. The Morgan fingerprint density at radius 1 is 1.16 bits per heavy atom. The highest BCUT2D eigenvalue weighted by Gasteiger charge is 2.11. The molecule has 0 saturated carbocycles. The number of pyridine rings is 1. The highest BCUT2D eigenvalue weighted by Crippen LogP contribution is 2.24. The Bertz CT molecular complexity index is 674. The molecule has 19 heavy (non-hydrogen) atoms. The number of hydrogen-bond acceptors (Lipinski definition) is 3. The highest BCUT2D eigenvalue weighted by molar-refractivity contribution is 6.31. The van der Waals surface area contributed by atoms with Crippen LogP contribution in [0.2, 0.25) is 5.02 Å². The van der Waals surface area contributed by atoms with Crippen molar-refractivity contribution < 1.29 is 0 Å². The zero-order valence-corrected chi connectivity index (χ0v) is 11.2. The van der Waals surface area contributed by atoms with Gasteiger partial charge in [-0.3, -0.25) is 0 Å². The lowest BCUT2D eigenvalue weighted by molar-refractivity contribution is 0.853. The number of benzene rings is 1. The number of aromatic nitrogens is 3. The lowest BCUT2D eigenvalue weighted by Gasteiger charge is -2.13. The second kappa shape index (κ2) is 4.90. The van der Waals surface area contributed by atoms with Crippen LogP contribution in [-0.2, 0) is 0 Å². The Morgan fingerprint density at radius 2 is 1.95 bits per heavy atom. The largest absolute Gasteiger partial charge is 0.346 e. The Balaban J connectivity index is 1.86. The molecule has 1 N–H and O–H groups in total. The summed E-state index contributed by atoms with van der Waals surface area (Å²) in [4.78, 5) is 4.41. The third-order valence-electron chi connectivity index (χ3n) is 2.96. The molecule has 0 spiro atoms. The normalized spacial score (nSPS) is 12.5. The Hall–Kier alpha value is -2.07. The van der Waals surface area contributed by atoms with Crippen LogP contribution in [0.1, 0.15) is 18.5 Å². The van der Waals surface area contributed by atoms with Gasteiger partial charge in [0.05, 0.1) is 6.04 Å². The molecule has 3 rings (SSSR count). The van der Waals surface area contributed by atoms with Gasteiger partial charge in [0.1, 0.15) is 0 Å². The first-order valence-corrected chi connectivity index (χ1v) is 6.44. The second-order valence-corrected chi connectivity index (χ2v) is 4.73. The second-order valence-electron chi connectivity index (χ2n) is 4.33. The van der Waals surface area contributed by atoms with Gasteiger partial charge in [-0.05, 0) is 30.7 Å². The summed E-state index contributed by atoms with van der Waals surface area (Å²) in [6, 6.07) is 13.6. The molecule has 1 aromatic carbocycles. The van der Waals surface area contributed by atoms with Crippen molar-refractivity contribution in [2.24, 2.45) is 0 Å². The average molecular weight is 273 g/mol. The molecule has 0 radical (unpaired) electrons. The van der Waals surface area contributed by atoms with E-state index in [1.165, 1.54) is 0 Å². The van der Waals surface area contributed by atoms with Crippen LogP contribution in [0.15, 0.2) is 48.7 Å². The van der Waals surface area contributed by atoms with Gasteiger partial charge in [0.2, 0.25) is 5.95 Å². The van der Waals surface area contributed by atoms with Crippen molar-refractivity contribution in [3.63, 3.8) is 0 Å². The van der Waals surface area contributed by atoms with E-state index in [-0.39, 0.29) is 6.04 Å². The Morgan fingerprint density at radius 3 is 2.74 bits per heavy atom. The molecular weight excluding hydrogens is 260 g/mol. The summed E-state index contributed by atoms with van der Waals surface area (Å²) in [5, 5.41) is 8.36. The number of fused-ring (bicyclic) bond motifs is 1. The maximum absolute atomic E-state index is 6.18. The number of anilines is 1. The summed E-state index contributed by atoms with van der Waals surface area (Å²) < 4.78 is 1.74. The molecule has 0 aliphatic rings. The highest BCUT2D eigenvalue weighted by atomic mass is 35.5. The van der Waals surface area contributed by atoms with Crippen molar-refractivity contribution in [3.05, 3.63) is 59.2 Å². The van der Waals surface area contributed by atoms with Gasteiger partial charge in [-0.25, -0.2) is 4.52 Å². The maximum atomic E-state index is 6.18. The van der Waals surface area contributed by atoms with Crippen LogP contribution < -0.4 is 5.32 Å². The van der Waals surface area contributed by atoms with E-state index in [1.807, 2.05) is 55.6 Å². The van der Waals surface area contributed by atoms with E-state index >= 15 is 0 Å². The van der Waals surface area contributed by atoms with Crippen molar-refractivity contribution in [1.29, 1.82) is 0 Å². The molecule has 0 saturated heterocycles. The fourth-order valence-electron chi connectivity index (χ4n) is 1.99. The average Bonchev–Trinajstić information content (AvgIpc) is 2.81. The molecule has 5 heteroatoms. The number of nitrogens with one attached hydrogen (secondary N) is 1. The van der Waals surface area contributed by atoms with E-state index in [1.54, 1.807) is 4.52 Å². The van der Waals surface area contributed by atoms with E-state index in [0.29, 0.717) is 5.95 Å². The van der Waals surface area contributed by atoms with Gasteiger partial charge in [0.25, 0.3) is 0 Å². The molecule has 96 valence electrons. The van der Waals surface area contributed by atoms with Gasteiger partial charge in [-0.2, -0.15) is 4.98 Å². The fourth-order valence-corrected chi connectivity index (χ4v) is 2.29. The maximum Gasteiger partial charge on any atom is 0.243 e. The summed E-state index contributed by atoms with van der Waals surface area (Å²) in [6.07, 6.45) is 1.87. The molecule has 2 heterocycles. The summed E-state index contributed by atoms with van der Waals surface area (Å²) in [6.45, 7) is 2.03. The van der Waals surface area contributed by atoms with Gasteiger partial charge in [-0.15, -0.1) is 5.10 Å². The topological polar surface area (TPSA) is 42.2 Å². The summed E-state index contributed by atoms with van der Waals surface area (Å²) in [5.41, 5.74) is 1.85. The van der Waals surface area contributed by atoms with Crippen LogP contribution in [0.25, 0.3) is 5.65 Å². The zero-order valence-electron chi connectivity index (χ0n) is 10.4. The van der Waals surface area contributed by atoms with Crippen LogP contribution >= 0.6 is 11.6 Å². The zero-order chi connectivity index (χ0) is 13.2. The number of hydrogen-bond donors (Lipinski definition) is 1. The van der Waals surface area contributed by atoms with Gasteiger partial charge < -0.3 is 5.32 Å². The molecule has 0 aliphatic carbocycles. The molecular formula is C14H13ClN4. The lowest BCUT2D eigenvalue weighted by Crippen LogP contribution is -2.08. The minimum atomic E-state index is 0.0473. The number of nitrogens with zero attached hydrogens (tertiary/aromatic N) is 3. The van der Waals surface area contributed by atoms with E-state index in [0.717, 1.165) is 16.2 Å². The van der Waals surface area contributed by atoms with Crippen molar-refractivity contribution in [2.45, 2.75) is 13.0 Å². The van der Waals surface area contributed by atoms with Gasteiger partial charge >= 0.3 is 0 Å². The number of halogens is 1. The fraction of sp³-hybridized carbons (Fsp3) is 0.143. The van der Waals surface area contributed by atoms with Crippen LogP contribution in [-0.4, -0.2) is 14.6 Å². The lowest BCUT2D eigenvalue weighted by atomic mass is 10.1. The first kappa shape index (κ1) is 12.0. The third-order valence-corrected chi connectivity index (χ3v) is 3.30. The van der Waals surface area contributed by atoms with Crippen LogP contribution in [0, 0.1) is 0 Å². The molecule has 2 aromatic heterocycles. The Kier molecular flexibility index (Phi) is 3.09. The van der Waals surface area contributed by atoms with Crippen LogP contribution in [0.5, 0.6) is 0 Å². The summed E-state index contributed by atoms with van der Waals surface area (Å²) in [7, 11) is 0. The number of rotatable bonds is 3. The first-order chi connectivity index (χ1) is 9.24. The van der Waals surface area contributed by atoms with E-state index in [4.69, 9.17) is 11.6 Å². The van der Waals surface area contributed by atoms with Crippen molar-refractivity contribution in [1.82, 2.24) is 14.6 Å². The molecule has 0 fully saturated rings. The molecule has 1 unspecified atom stereocenters. The van der Waals surface area contributed by atoms with Crippen molar-refractivity contribution in [2.75, 3.05) is 5.32 Å². The minimum absolute atomic E-state index is 0.0473. The molecule has 0 amide bonds. The molecule has 1 atom stereocenters. The van der Waals surface area contributed by atoms with Gasteiger partial charge in [-0.1, -0.05) is 35.9 Å². The van der Waals surface area contributed by atoms with E-state index in [9.17, 15) is 0 Å². The Labute approximate surface area is 116 Å². The third kappa shape index (κ3) is 2.39. The monoisotopic (exact) mass is 272 g/mol. The molecule has 0 aliphatic heterocycles. The summed E-state index contributed by atoms with van der Waals surface area (Å²) in [5.74, 6) is 0.596. The standard InChI is InChI=1S/C14H13ClN4/c1-10(11-6-2-3-7-12(11)15)16-14-17-13-8-4-5-9-19(13)18-14/h2-10H,1H3,(H,16,18). The molecule has 0 bridgehead atoms. The smallest absolute Gasteiger partial charge is 0.243 e. The van der Waals surface area contributed by atoms with Crippen LogP contribution in [0.4, 0.5) is 5.95 Å². The first-order valence-electron chi connectivity index (χ1n) is 6.06. The van der Waals surface area contributed by atoms with E-state index < -0.39 is 0 Å². The van der Waals surface area contributed by atoms with Crippen molar-refractivity contribution in [3.8, 4) is 0 Å².